The Hall–Kier alpha value is -1.55. The predicted octanol–water partition coefficient (Wildman–Crippen LogP) is 2.60. The van der Waals surface area contributed by atoms with Gasteiger partial charge in [-0.25, -0.2) is 0 Å². The quantitative estimate of drug-likeness (QED) is 0.869. The zero-order valence-electron chi connectivity index (χ0n) is 13.3. The molecule has 0 heterocycles. The number of carbonyl (C=O) groups is 1. The molecule has 2 unspecified atom stereocenters. The molecule has 20 heavy (non-hydrogen) atoms. The minimum atomic E-state index is -0.202. The minimum Gasteiger partial charge on any atom is -0.491 e. The third kappa shape index (κ3) is 4.85. The van der Waals surface area contributed by atoms with Gasteiger partial charge in [0.2, 0.25) is 5.91 Å². The van der Waals surface area contributed by atoms with Crippen LogP contribution in [-0.2, 0) is 4.79 Å². The standard InChI is InChI=1S/C16H26N2O2/c1-11(2)20-15-9-7-14(8-10-15)12(3)17-13(4)16(19)18(5)6/h7-13,17H,1-6H3. The van der Waals surface area contributed by atoms with Crippen molar-refractivity contribution in [3.63, 3.8) is 0 Å². The molecule has 1 aromatic carbocycles. The van der Waals surface area contributed by atoms with Crippen molar-refractivity contribution >= 4 is 5.91 Å². The lowest BCUT2D eigenvalue weighted by Crippen LogP contribution is -2.42. The van der Waals surface area contributed by atoms with Crippen molar-refractivity contribution < 1.29 is 9.53 Å². The van der Waals surface area contributed by atoms with Crippen LogP contribution in [0.4, 0.5) is 0 Å². The first-order valence-corrected chi connectivity index (χ1v) is 7.05. The summed E-state index contributed by atoms with van der Waals surface area (Å²) in [5, 5.41) is 3.31. The molecule has 0 bridgehead atoms. The molecular formula is C16H26N2O2. The van der Waals surface area contributed by atoms with E-state index >= 15 is 0 Å². The van der Waals surface area contributed by atoms with Gasteiger partial charge in [-0.2, -0.15) is 0 Å². The fraction of sp³-hybridized carbons (Fsp3) is 0.562. The van der Waals surface area contributed by atoms with E-state index in [2.05, 4.69) is 12.2 Å². The van der Waals surface area contributed by atoms with Crippen LogP contribution < -0.4 is 10.1 Å². The van der Waals surface area contributed by atoms with Crippen LogP contribution in [0, 0.1) is 0 Å². The van der Waals surface area contributed by atoms with Crippen LogP contribution in [-0.4, -0.2) is 37.0 Å². The predicted molar refractivity (Wildman–Crippen MR) is 81.9 cm³/mol. The van der Waals surface area contributed by atoms with Gasteiger partial charge in [0, 0.05) is 20.1 Å². The molecule has 0 aromatic heterocycles. The molecule has 0 aliphatic rings. The van der Waals surface area contributed by atoms with Gasteiger partial charge in [0.1, 0.15) is 5.75 Å². The van der Waals surface area contributed by atoms with Crippen molar-refractivity contribution in [1.82, 2.24) is 10.2 Å². The van der Waals surface area contributed by atoms with Gasteiger partial charge in [-0.05, 0) is 45.4 Å². The molecule has 1 rings (SSSR count). The zero-order chi connectivity index (χ0) is 15.3. The molecule has 2 atom stereocenters. The van der Waals surface area contributed by atoms with E-state index in [0.717, 1.165) is 11.3 Å². The highest BCUT2D eigenvalue weighted by Crippen LogP contribution is 2.19. The normalized spacial score (nSPS) is 13.9. The summed E-state index contributed by atoms with van der Waals surface area (Å²) in [5.74, 6) is 0.949. The molecule has 4 heteroatoms. The van der Waals surface area contributed by atoms with Crippen LogP contribution in [0.1, 0.15) is 39.3 Å². The van der Waals surface area contributed by atoms with Crippen LogP contribution in [0.25, 0.3) is 0 Å². The summed E-state index contributed by atoms with van der Waals surface area (Å²) in [6, 6.07) is 7.90. The Kier molecular flexibility index (Phi) is 6.02. The number of likely N-dealkylation sites (N-methyl/N-ethyl adjacent to an activating group) is 1. The summed E-state index contributed by atoms with van der Waals surface area (Å²) in [7, 11) is 3.53. The molecule has 1 aromatic rings. The van der Waals surface area contributed by atoms with Crippen molar-refractivity contribution in [1.29, 1.82) is 0 Å². The van der Waals surface area contributed by atoms with Gasteiger partial charge in [0.05, 0.1) is 12.1 Å². The molecule has 1 amide bonds. The lowest BCUT2D eigenvalue weighted by atomic mass is 10.1. The van der Waals surface area contributed by atoms with Gasteiger partial charge >= 0.3 is 0 Å². The summed E-state index contributed by atoms with van der Waals surface area (Å²) < 4.78 is 5.62. The van der Waals surface area contributed by atoms with E-state index in [1.165, 1.54) is 0 Å². The third-order valence-electron chi connectivity index (χ3n) is 3.06. The number of carbonyl (C=O) groups excluding carboxylic acids is 1. The maximum Gasteiger partial charge on any atom is 0.238 e. The second-order valence-corrected chi connectivity index (χ2v) is 5.58. The average Bonchev–Trinajstić information content (AvgIpc) is 2.37. The van der Waals surface area contributed by atoms with Gasteiger partial charge in [-0.1, -0.05) is 12.1 Å². The molecular weight excluding hydrogens is 252 g/mol. The van der Waals surface area contributed by atoms with Crippen molar-refractivity contribution in [3.05, 3.63) is 29.8 Å². The summed E-state index contributed by atoms with van der Waals surface area (Å²) >= 11 is 0. The molecule has 4 nitrogen and oxygen atoms in total. The van der Waals surface area contributed by atoms with Crippen LogP contribution >= 0.6 is 0 Å². The number of hydrogen-bond donors (Lipinski definition) is 1. The van der Waals surface area contributed by atoms with Gasteiger partial charge in [-0.3, -0.25) is 10.1 Å². The monoisotopic (exact) mass is 278 g/mol. The second kappa shape index (κ2) is 7.29. The highest BCUT2D eigenvalue weighted by atomic mass is 16.5. The van der Waals surface area contributed by atoms with Gasteiger partial charge in [-0.15, -0.1) is 0 Å². The Morgan fingerprint density at radius 3 is 2.10 bits per heavy atom. The second-order valence-electron chi connectivity index (χ2n) is 5.58. The molecule has 112 valence electrons. The van der Waals surface area contributed by atoms with Crippen molar-refractivity contribution in [2.24, 2.45) is 0 Å². The Bertz CT molecular complexity index is 427. The zero-order valence-corrected chi connectivity index (χ0v) is 13.3. The van der Waals surface area contributed by atoms with Crippen LogP contribution in [0.2, 0.25) is 0 Å². The maximum atomic E-state index is 11.8. The number of rotatable bonds is 6. The smallest absolute Gasteiger partial charge is 0.238 e. The molecule has 0 aliphatic carbocycles. The third-order valence-corrected chi connectivity index (χ3v) is 3.06. The largest absolute Gasteiger partial charge is 0.491 e. The van der Waals surface area contributed by atoms with E-state index < -0.39 is 0 Å². The molecule has 0 aliphatic heterocycles. The molecule has 0 spiro atoms. The van der Waals surface area contributed by atoms with E-state index in [9.17, 15) is 4.79 Å². The van der Waals surface area contributed by atoms with Crippen LogP contribution in [0.3, 0.4) is 0 Å². The molecule has 1 N–H and O–H groups in total. The van der Waals surface area contributed by atoms with E-state index in [1.807, 2.05) is 45.0 Å². The Labute approximate surface area is 122 Å². The van der Waals surface area contributed by atoms with E-state index in [1.54, 1.807) is 19.0 Å². The van der Waals surface area contributed by atoms with E-state index in [-0.39, 0.29) is 24.1 Å². The summed E-state index contributed by atoms with van der Waals surface area (Å²) in [6.07, 6.45) is 0.175. The Balaban J connectivity index is 2.63. The lowest BCUT2D eigenvalue weighted by molar-refractivity contribution is -0.130. The maximum absolute atomic E-state index is 11.8. The highest BCUT2D eigenvalue weighted by Gasteiger charge is 2.17. The minimum absolute atomic E-state index is 0.0802. The first kappa shape index (κ1) is 16.5. The topological polar surface area (TPSA) is 41.6 Å². The van der Waals surface area contributed by atoms with Crippen molar-refractivity contribution in [2.75, 3.05) is 14.1 Å². The van der Waals surface area contributed by atoms with Crippen molar-refractivity contribution in [3.8, 4) is 5.75 Å². The fourth-order valence-electron chi connectivity index (χ4n) is 2.04. The van der Waals surface area contributed by atoms with Gasteiger partial charge < -0.3 is 9.64 Å². The number of amides is 1. The first-order valence-electron chi connectivity index (χ1n) is 7.05. The number of ether oxygens (including phenoxy) is 1. The number of benzene rings is 1. The number of nitrogens with zero attached hydrogens (tertiary/aromatic N) is 1. The summed E-state index contributed by atoms with van der Waals surface area (Å²) in [4.78, 5) is 13.4. The highest BCUT2D eigenvalue weighted by molar-refractivity contribution is 5.80. The number of nitrogens with one attached hydrogen (secondary N) is 1. The Morgan fingerprint density at radius 1 is 1.10 bits per heavy atom. The SMILES string of the molecule is CC(C)Oc1ccc(C(C)NC(C)C(=O)N(C)C)cc1. The summed E-state index contributed by atoms with van der Waals surface area (Å²) in [5.41, 5.74) is 1.14. The van der Waals surface area contributed by atoms with E-state index in [0.29, 0.717) is 0 Å². The molecule has 0 radical (unpaired) electrons. The number of hydrogen-bond acceptors (Lipinski definition) is 3. The molecule has 0 saturated heterocycles. The fourth-order valence-corrected chi connectivity index (χ4v) is 2.04. The Morgan fingerprint density at radius 2 is 1.65 bits per heavy atom. The summed E-state index contributed by atoms with van der Waals surface area (Å²) in [6.45, 7) is 7.95. The van der Waals surface area contributed by atoms with Gasteiger partial charge in [0.25, 0.3) is 0 Å². The van der Waals surface area contributed by atoms with Crippen LogP contribution in [0.15, 0.2) is 24.3 Å². The first-order chi connectivity index (χ1) is 9.31. The van der Waals surface area contributed by atoms with Gasteiger partial charge in [0.15, 0.2) is 0 Å². The van der Waals surface area contributed by atoms with Crippen molar-refractivity contribution in [2.45, 2.75) is 45.9 Å². The van der Waals surface area contributed by atoms with Crippen LogP contribution in [0.5, 0.6) is 5.75 Å². The average molecular weight is 278 g/mol. The molecule has 0 fully saturated rings. The molecule has 0 saturated carbocycles. The lowest BCUT2D eigenvalue weighted by Gasteiger charge is -2.22. The van der Waals surface area contributed by atoms with E-state index in [4.69, 9.17) is 4.74 Å².